The zero-order valence-corrected chi connectivity index (χ0v) is 14.4. The third-order valence-electron chi connectivity index (χ3n) is 2.30. The molecule has 20 heavy (non-hydrogen) atoms. The monoisotopic (exact) mass is 320 g/mol. The van der Waals surface area contributed by atoms with Gasteiger partial charge in [-0.3, -0.25) is 0 Å². The summed E-state index contributed by atoms with van der Waals surface area (Å²) in [6, 6.07) is 0. The van der Waals surface area contributed by atoms with Crippen molar-refractivity contribution in [2.75, 3.05) is 0 Å². The molecule has 0 radical (unpaired) electrons. The predicted molar refractivity (Wildman–Crippen MR) is 86.6 cm³/mol. The summed E-state index contributed by atoms with van der Waals surface area (Å²) in [4.78, 5) is 0.0306. The standard InChI is InChI=1S/C14H25ClN2O2S/c1-7-11(8-9-12(15)16)20(18,19)17-14(5,6)10-13(2,3)4/h7-9,17H,1,10,16H2,2-6H3/b11-8+,12-9-. The lowest BCUT2D eigenvalue weighted by atomic mass is 9.82. The molecule has 0 unspecified atom stereocenters. The van der Waals surface area contributed by atoms with Crippen molar-refractivity contribution in [1.29, 1.82) is 0 Å². The highest BCUT2D eigenvalue weighted by Gasteiger charge is 2.30. The Bertz CT molecular complexity index is 508. The third-order valence-corrected chi connectivity index (χ3v) is 4.17. The van der Waals surface area contributed by atoms with Crippen molar-refractivity contribution in [3.63, 3.8) is 0 Å². The van der Waals surface area contributed by atoms with Gasteiger partial charge in [0.25, 0.3) is 0 Å². The molecule has 0 heterocycles. The summed E-state index contributed by atoms with van der Waals surface area (Å²) in [6.45, 7) is 13.4. The van der Waals surface area contributed by atoms with E-state index in [4.69, 9.17) is 17.3 Å². The predicted octanol–water partition coefficient (Wildman–Crippen LogP) is 3.23. The van der Waals surface area contributed by atoms with Crippen molar-refractivity contribution in [3.05, 3.63) is 34.9 Å². The Labute approximate surface area is 127 Å². The molecule has 0 spiro atoms. The Balaban J connectivity index is 5.30. The molecule has 0 bridgehead atoms. The maximum absolute atomic E-state index is 12.3. The number of hydrogen-bond acceptors (Lipinski definition) is 3. The minimum atomic E-state index is -3.66. The first kappa shape index (κ1) is 19.2. The van der Waals surface area contributed by atoms with Crippen molar-refractivity contribution < 1.29 is 8.42 Å². The first-order chi connectivity index (χ1) is 8.79. The first-order valence-corrected chi connectivity index (χ1v) is 8.15. The minimum absolute atomic E-state index is 0.00451. The van der Waals surface area contributed by atoms with Crippen LogP contribution in [-0.2, 0) is 10.0 Å². The summed E-state index contributed by atoms with van der Waals surface area (Å²) in [7, 11) is -3.66. The van der Waals surface area contributed by atoms with Crippen LogP contribution in [0.5, 0.6) is 0 Å². The molecule has 0 saturated heterocycles. The van der Waals surface area contributed by atoms with E-state index in [0.29, 0.717) is 6.42 Å². The van der Waals surface area contributed by atoms with Crippen LogP contribution in [0, 0.1) is 5.41 Å². The molecule has 0 fully saturated rings. The second-order valence-electron chi connectivity index (χ2n) is 6.55. The van der Waals surface area contributed by atoms with Crippen molar-refractivity contribution in [1.82, 2.24) is 4.72 Å². The van der Waals surface area contributed by atoms with Crippen molar-refractivity contribution >= 4 is 21.6 Å². The lowest BCUT2D eigenvalue weighted by Crippen LogP contribution is -2.45. The molecule has 0 rings (SSSR count). The van der Waals surface area contributed by atoms with E-state index in [-0.39, 0.29) is 15.5 Å². The topological polar surface area (TPSA) is 72.2 Å². The Morgan fingerprint density at radius 2 is 1.75 bits per heavy atom. The fourth-order valence-corrected chi connectivity index (χ4v) is 3.66. The smallest absolute Gasteiger partial charge is 0.241 e. The highest BCUT2D eigenvalue weighted by molar-refractivity contribution is 7.93. The lowest BCUT2D eigenvalue weighted by molar-refractivity contribution is 0.270. The molecule has 0 saturated carbocycles. The van der Waals surface area contributed by atoms with Crippen LogP contribution >= 0.6 is 11.6 Å². The minimum Gasteiger partial charge on any atom is -0.389 e. The van der Waals surface area contributed by atoms with Crippen LogP contribution in [0.15, 0.2) is 34.9 Å². The van der Waals surface area contributed by atoms with Gasteiger partial charge in [0.05, 0.1) is 10.1 Å². The van der Waals surface area contributed by atoms with Crippen LogP contribution in [-0.4, -0.2) is 14.0 Å². The zero-order chi connectivity index (χ0) is 16.2. The molecule has 0 aliphatic heterocycles. The summed E-state index contributed by atoms with van der Waals surface area (Å²) < 4.78 is 27.3. The van der Waals surface area contributed by atoms with Gasteiger partial charge >= 0.3 is 0 Å². The van der Waals surface area contributed by atoms with Crippen LogP contribution in [0.3, 0.4) is 0 Å². The molecule has 116 valence electrons. The van der Waals surface area contributed by atoms with Gasteiger partial charge in [-0.2, -0.15) is 0 Å². The largest absolute Gasteiger partial charge is 0.389 e. The average Bonchev–Trinajstić information content (AvgIpc) is 2.10. The quantitative estimate of drug-likeness (QED) is 0.583. The Hall–Kier alpha value is -0.780. The van der Waals surface area contributed by atoms with Gasteiger partial charge in [0.2, 0.25) is 10.0 Å². The maximum atomic E-state index is 12.3. The van der Waals surface area contributed by atoms with Gasteiger partial charge in [0.15, 0.2) is 0 Å². The van der Waals surface area contributed by atoms with Crippen molar-refractivity contribution in [2.45, 2.75) is 46.6 Å². The molecule has 0 atom stereocenters. The van der Waals surface area contributed by atoms with Gasteiger partial charge in [-0.05, 0) is 43.9 Å². The van der Waals surface area contributed by atoms with Gasteiger partial charge in [0, 0.05) is 5.54 Å². The van der Waals surface area contributed by atoms with Crippen LogP contribution in [0.1, 0.15) is 41.0 Å². The number of hydrogen-bond donors (Lipinski definition) is 2. The second kappa shape index (κ2) is 6.78. The second-order valence-corrected chi connectivity index (χ2v) is 8.67. The van der Waals surface area contributed by atoms with Crippen LogP contribution in [0.4, 0.5) is 0 Å². The average molecular weight is 321 g/mol. The van der Waals surface area contributed by atoms with E-state index in [0.717, 1.165) is 0 Å². The summed E-state index contributed by atoms with van der Waals surface area (Å²) in [5.41, 5.74) is 4.71. The molecule has 0 aliphatic carbocycles. The van der Waals surface area contributed by atoms with Crippen molar-refractivity contribution in [2.24, 2.45) is 11.1 Å². The van der Waals surface area contributed by atoms with E-state index in [1.165, 1.54) is 18.2 Å². The summed E-state index contributed by atoms with van der Waals surface area (Å²) in [6.07, 6.45) is 4.59. The Morgan fingerprint density at radius 1 is 1.25 bits per heavy atom. The molecular formula is C14H25ClN2O2S. The van der Waals surface area contributed by atoms with E-state index in [2.05, 4.69) is 32.1 Å². The number of rotatable bonds is 6. The maximum Gasteiger partial charge on any atom is 0.241 e. The fourth-order valence-electron chi connectivity index (χ4n) is 2.21. The Kier molecular flexibility index (Phi) is 6.52. The van der Waals surface area contributed by atoms with Crippen LogP contribution < -0.4 is 10.5 Å². The molecule has 0 aromatic rings. The summed E-state index contributed by atoms with van der Waals surface area (Å²) >= 11 is 5.49. The molecule has 3 N–H and O–H groups in total. The van der Waals surface area contributed by atoms with Crippen molar-refractivity contribution in [3.8, 4) is 0 Å². The summed E-state index contributed by atoms with van der Waals surface area (Å²) in [5, 5.41) is 0.00787. The number of allylic oxidation sites excluding steroid dienone is 3. The molecular weight excluding hydrogens is 296 g/mol. The highest BCUT2D eigenvalue weighted by atomic mass is 35.5. The van der Waals surface area contributed by atoms with E-state index < -0.39 is 15.6 Å². The van der Waals surface area contributed by atoms with Gasteiger partial charge in [-0.25, -0.2) is 13.1 Å². The van der Waals surface area contributed by atoms with Crippen LogP contribution in [0.2, 0.25) is 0 Å². The van der Waals surface area contributed by atoms with Crippen LogP contribution in [0.25, 0.3) is 0 Å². The lowest BCUT2D eigenvalue weighted by Gasteiger charge is -2.33. The third kappa shape index (κ3) is 7.72. The number of nitrogens with two attached hydrogens (primary N) is 1. The molecule has 0 aromatic heterocycles. The number of nitrogens with one attached hydrogen (secondary N) is 1. The summed E-state index contributed by atoms with van der Waals surface area (Å²) in [5.74, 6) is 0. The zero-order valence-electron chi connectivity index (χ0n) is 12.8. The SMILES string of the molecule is C=C/C(=C\C=C(/N)Cl)S(=O)(=O)NC(C)(C)CC(C)(C)C. The molecule has 0 aliphatic rings. The van der Waals surface area contributed by atoms with E-state index in [1.54, 1.807) is 0 Å². The Morgan fingerprint density at radius 3 is 2.10 bits per heavy atom. The molecule has 0 amide bonds. The molecule has 6 heteroatoms. The van der Waals surface area contributed by atoms with E-state index >= 15 is 0 Å². The van der Waals surface area contributed by atoms with Gasteiger partial charge in [-0.1, -0.05) is 39.0 Å². The highest BCUT2D eigenvalue weighted by Crippen LogP contribution is 2.28. The number of sulfonamides is 1. The molecule has 4 nitrogen and oxygen atoms in total. The van der Waals surface area contributed by atoms with E-state index in [9.17, 15) is 8.42 Å². The van der Waals surface area contributed by atoms with Gasteiger partial charge < -0.3 is 5.73 Å². The fraction of sp³-hybridized carbons (Fsp3) is 0.571. The first-order valence-electron chi connectivity index (χ1n) is 6.28. The van der Waals surface area contributed by atoms with Gasteiger partial charge in [0.1, 0.15) is 0 Å². The van der Waals surface area contributed by atoms with Gasteiger partial charge in [-0.15, -0.1) is 0 Å². The molecule has 0 aromatic carbocycles. The number of halogens is 1. The van der Waals surface area contributed by atoms with E-state index in [1.807, 2.05) is 13.8 Å². The normalized spacial score (nSPS) is 15.3.